The number of aliphatic carboxylic acids is 1. The van der Waals surface area contributed by atoms with Crippen LogP contribution in [0.2, 0.25) is 0 Å². The Labute approximate surface area is 121 Å². The molecule has 108 valence electrons. The normalized spacial score (nSPS) is 36.3. The minimum absolute atomic E-state index is 0.189. The smallest absolute Gasteiger partial charge is 0.234 e. The van der Waals surface area contributed by atoms with E-state index in [4.69, 9.17) is 4.74 Å². The molecule has 1 aromatic carbocycles. The number of anilines is 1. The fraction of sp³-hybridized carbons (Fsp3) is 0.375. The minimum atomic E-state index is -1.21. The minimum Gasteiger partial charge on any atom is -0.550 e. The van der Waals surface area contributed by atoms with Crippen molar-refractivity contribution in [3.63, 3.8) is 0 Å². The Bertz CT molecular complexity index is 683. The first-order valence-corrected chi connectivity index (χ1v) is 6.98. The largest absolute Gasteiger partial charge is 0.550 e. The van der Waals surface area contributed by atoms with Crippen molar-refractivity contribution in [2.24, 2.45) is 11.8 Å². The van der Waals surface area contributed by atoms with Gasteiger partial charge in [-0.3, -0.25) is 4.79 Å². The van der Waals surface area contributed by atoms with E-state index in [-0.39, 0.29) is 5.91 Å². The molecule has 5 heteroatoms. The molecule has 1 aromatic rings. The zero-order valence-corrected chi connectivity index (χ0v) is 11.5. The van der Waals surface area contributed by atoms with Crippen LogP contribution in [0.1, 0.15) is 5.56 Å². The number of carbonyl (C=O) groups is 2. The van der Waals surface area contributed by atoms with Gasteiger partial charge in [-0.05, 0) is 18.6 Å². The number of para-hydroxylation sites is 1. The van der Waals surface area contributed by atoms with E-state index in [2.05, 4.69) is 0 Å². The highest BCUT2D eigenvalue weighted by Gasteiger charge is 2.65. The Morgan fingerprint density at radius 3 is 2.90 bits per heavy atom. The zero-order valence-electron chi connectivity index (χ0n) is 11.5. The topological polar surface area (TPSA) is 69.7 Å². The fourth-order valence-electron chi connectivity index (χ4n) is 3.84. The van der Waals surface area contributed by atoms with Crippen molar-refractivity contribution < 1.29 is 19.4 Å². The number of fused-ring (bicyclic) bond motifs is 1. The van der Waals surface area contributed by atoms with Crippen LogP contribution in [0.5, 0.6) is 0 Å². The maximum absolute atomic E-state index is 12.8. The number of rotatable bonds is 2. The molecule has 3 aliphatic heterocycles. The molecular weight excluding hydrogens is 270 g/mol. The van der Waals surface area contributed by atoms with Crippen molar-refractivity contribution >= 4 is 17.6 Å². The number of carboxylic acid groups (broad SMARTS) is 1. The SMILES string of the molecule is Cc1ccccc1N1C[C@]23C=C[C@@H](O2)[C@H](C(=O)[O-])[C@H]3C1=O. The fourth-order valence-corrected chi connectivity index (χ4v) is 3.84. The van der Waals surface area contributed by atoms with Crippen LogP contribution in [-0.4, -0.2) is 30.1 Å². The summed E-state index contributed by atoms with van der Waals surface area (Å²) in [5.41, 5.74) is 0.976. The number of benzene rings is 1. The van der Waals surface area contributed by atoms with E-state index in [1.54, 1.807) is 11.0 Å². The molecule has 0 radical (unpaired) electrons. The summed E-state index contributed by atoms with van der Waals surface area (Å²) >= 11 is 0. The second-order valence-corrected chi connectivity index (χ2v) is 5.93. The maximum Gasteiger partial charge on any atom is 0.234 e. The molecule has 0 saturated carbocycles. The van der Waals surface area contributed by atoms with Crippen LogP contribution in [0, 0.1) is 18.8 Å². The summed E-state index contributed by atoms with van der Waals surface area (Å²) < 4.78 is 5.83. The summed E-state index contributed by atoms with van der Waals surface area (Å²) in [7, 11) is 0. The third-order valence-electron chi connectivity index (χ3n) is 4.78. The van der Waals surface area contributed by atoms with Gasteiger partial charge in [0.2, 0.25) is 5.91 Å². The molecule has 3 heterocycles. The second-order valence-electron chi connectivity index (χ2n) is 5.93. The number of carboxylic acids is 1. The van der Waals surface area contributed by atoms with Crippen molar-refractivity contribution in [2.75, 3.05) is 11.4 Å². The number of amides is 1. The van der Waals surface area contributed by atoms with Gasteiger partial charge in [-0.2, -0.15) is 0 Å². The highest BCUT2D eigenvalue weighted by atomic mass is 16.5. The van der Waals surface area contributed by atoms with Gasteiger partial charge < -0.3 is 19.5 Å². The van der Waals surface area contributed by atoms with Crippen LogP contribution in [-0.2, 0) is 14.3 Å². The number of ether oxygens (including phenoxy) is 1. The summed E-state index contributed by atoms with van der Waals surface area (Å²) in [5.74, 6) is -2.98. The van der Waals surface area contributed by atoms with Crippen LogP contribution in [0.3, 0.4) is 0 Å². The van der Waals surface area contributed by atoms with E-state index in [1.807, 2.05) is 37.3 Å². The van der Waals surface area contributed by atoms with Gasteiger partial charge in [0.25, 0.3) is 0 Å². The van der Waals surface area contributed by atoms with E-state index in [1.165, 1.54) is 0 Å². The van der Waals surface area contributed by atoms with Gasteiger partial charge >= 0.3 is 0 Å². The molecule has 1 spiro atoms. The van der Waals surface area contributed by atoms with E-state index < -0.39 is 29.5 Å². The Morgan fingerprint density at radius 1 is 1.43 bits per heavy atom. The van der Waals surface area contributed by atoms with Crippen molar-refractivity contribution in [3.05, 3.63) is 42.0 Å². The van der Waals surface area contributed by atoms with Gasteiger partial charge in [0.15, 0.2) is 0 Å². The molecule has 0 aliphatic carbocycles. The van der Waals surface area contributed by atoms with Crippen molar-refractivity contribution in [2.45, 2.75) is 18.6 Å². The average molecular weight is 284 g/mol. The van der Waals surface area contributed by atoms with Crippen molar-refractivity contribution in [1.29, 1.82) is 0 Å². The van der Waals surface area contributed by atoms with E-state index in [0.717, 1.165) is 11.3 Å². The molecule has 1 amide bonds. The molecule has 0 aromatic heterocycles. The number of carbonyl (C=O) groups excluding carboxylic acids is 2. The zero-order chi connectivity index (χ0) is 14.8. The van der Waals surface area contributed by atoms with Crippen molar-refractivity contribution in [3.8, 4) is 0 Å². The molecule has 0 N–H and O–H groups in total. The highest BCUT2D eigenvalue weighted by Crippen LogP contribution is 2.52. The lowest BCUT2D eigenvalue weighted by Gasteiger charge is -2.24. The lowest BCUT2D eigenvalue weighted by molar-refractivity contribution is -0.313. The number of nitrogens with zero attached hydrogens (tertiary/aromatic N) is 1. The summed E-state index contributed by atoms with van der Waals surface area (Å²) in [6, 6.07) is 7.57. The quantitative estimate of drug-likeness (QED) is 0.719. The van der Waals surface area contributed by atoms with Crippen LogP contribution in [0.25, 0.3) is 0 Å². The second kappa shape index (κ2) is 3.95. The molecule has 4 rings (SSSR count). The molecule has 2 bridgehead atoms. The number of aryl methyl sites for hydroxylation is 1. The molecule has 4 atom stereocenters. The Balaban J connectivity index is 1.78. The molecule has 0 unspecified atom stereocenters. The molecule has 2 fully saturated rings. The molecule has 2 saturated heterocycles. The van der Waals surface area contributed by atoms with Crippen LogP contribution < -0.4 is 10.0 Å². The molecule has 3 aliphatic rings. The number of hydrogen-bond acceptors (Lipinski definition) is 4. The Kier molecular flexibility index (Phi) is 2.37. The first kappa shape index (κ1) is 12.6. The van der Waals surface area contributed by atoms with Gasteiger partial charge in [-0.25, -0.2) is 0 Å². The van der Waals surface area contributed by atoms with Crippen LogP contribution in [0.15, 0.2) is 36.4 Å². The standard InChI is InChI=1S/C16H15NO4/c1-9-4-2-3-5-10(9)17-8-16-7-6-11(21-16)12(15(19)20)13(16)14(17)18/h2-7,11-13H,8H2,1H3,(H,19,20)/p-1/t11-,12+,13+,16+/m1/s1. The van der Waals surface area contributed by atoms with Crippen LogP contribution >= 0.6 is 0 Å². The first-order valence-electron chi connectivity index (χ1n) is 6.98. The van der Waals surface area contributed by atoms with E-state index in [0.29, 0.717) is 6.54 Å². The summed E-state index contributed by atoms with van der Waals surface area (Å²) in [4.78, 5) is 25.8. The molecular formula is C16H14NO4-. The highest BCUT2D eigenvalue weighted by molar-refractivity contribution is 6.02. The molecule has 21 heavy (non-hydrogen) atoms. The van der Waals surface area contributed by atoms with E-state index in [9.17, 15) is 14.7 Å². The van der Waals surface area contributed by atoms with Gasteiger partial charge in [0.1, 0.15) is 5.60 Å². The Hall–Kier alpha value is -2.14. The van der Waals surface area contributed by atoms with Gasteiger partial charge in [0.05, 0.1) is 18.6 Å². The maximum atomic E-state index is 12.8. The third kappa shape index (κ3) is 1.49. The third-order valence-corrected chi connectivity index (χ3v) is 4.78. The predicted octanol–water partition coefficient (Wildman–Crippen LogP) is 0.0313. The Morgan fingerprint density at radius 2 is 2.19 bits per heavy atom. The first-order chi connectivity index (χ1) is 10.0. The summed E-state index contributed by atoms with van der Waals surface area (Å²) in [5, 5.41) is 11.4. The monoisotopic (exact) mass is 284 g/mol. The van der Waals surface area contributed by atoms with Crippen molar-refractivity contribution in [1.82, 2.24) is 0 Å². The average Bonchev–Trinajstić information content (AvgIpc) is 3.08. The van der Waals surface area contributed by atoms with Gasteiger partial charge in [-0.1, -0.05) is 30.4 Å². The van der Waals surface area contributed by atoms with Crippen LogP contribution in [0.4, 0.5) is 5.69 Å². The van der Waals surface area contributed by atoms with E-state index >= 15 is 0 Å². The van der Waals surface area contributed by atoms with Gasteiger partial charge in [-0.15, -0.1) is 0 Å². The summed E-state index contributed by atoms with van der Waals surface area (Å²) in [6.07, 6.45) is 3.05. The molecule has 5 nitrogen and oxygen atoms in total. The summed E-state index contributed by atoms with van der Waals surface area (Å²) in [6.45, 7) is 2.29. The lowest BCUT2D eigenvalue weighted by atomic mass is 9.77. The lowest BCUT2D eigenvalue weighted by Crippen LogP contribution is -2.45. The number of hydrogen-bond donors (Lipinski definition) is 0. The predicted molar refractivity (Wildman–Crippen MR) is 72.3 cm³/mol. The van der Waals surface area contributed by atoms with Gasteiger partial charge in [0, 0.05) is 17.6 Å².